The van der Waals surface area contributed by atoms with Crippen molar-refractivity contribution in [1.82, 2.24) is 5.32 Å². The molecule has 0 aromatic carbocycles. The Bertz CT molecular complexity index is 113. The smallest absolute Gasteiger partial charge is 0.0780 e. The molecule has 0 radical (unpaired) electrons. The lowest BCUT2D eigenvalue weighted by molar-refractivity contribution is -0.870. The molecule has 0 bridgehead atoms. The van der Waals surface area contributed by atoms with E-state index in [1.165, 1.54) is 19.4 Å². The standard InChI is InChI=1S/C10H23N2/c1-5-8-11-9-6-7-10-12(2,3)4/h5,11H,1,6-10H2,2-4H3/q+1. The fraction of sp³-hybridized carbons (Fsp3) is 0.800. The van der Waals surface area contributed by atoms with Gasteiger partial charge >= 0.3 is 0 Å². The predicted molar refractivity (Wildman–Crippen MR) is 55.2 cm³/mol. The van der Waals surface area contributed by atoms with Gasteiger partial charge in [0.15, 0.2) is 0 Å². The van der Waals surface area contributed by atoms with Gasteiger partial charge in [0, 0.05) is 6.54 Å². The van der Waals surface area contributed by atoms with E-state index in [2.05, 4.69) is 33.0 Å². The van der Waals surface area contributed by atoms with Gasteiger partial charge in [0.1, 0.15) is 0 Å². The Hall–Kier alpha value is -0.340. The maximum atomic E-state index is 3.65. The van der Waals surface area contributed by atoms with Crippen LogP contribution in [0.25, 0.3) is 0 Å². The predicted octanol–water partition coefficient (Wildman–Crippen LogP) is 1.25. The minimum Gasteiger partial charge on any atom is -0.331 e. The van der Waals surface area contributed by atoms with Crippen molar-refractivity contribution < 1.29 is 4.48 Å². The average molecular weight is 171 g/mol. The quantitative estimate of drug-likeness (QED) is 0.345. The van der Waals surface area contributed by atoms with E-state index in [0.717, 1.165) is 17.6 Å². The zero-order chi connectivity index (χ0) is 9.45. The van der Waals surface area contributed by atoms with Crippen molar-refractivity contribution in [2.45, 2.75) is 12.8 Å². The van der Waals surface area contributed by atoms with E-state index in [-0.39, 0.29) is 0 Å². The Balaban J connectivity index is 3.06. The van der Waals surface area contributed by atoms with Gasteiger partial charge in [0.05, 0.1) is 27.7 Å². The molecule has 1 N–H and O–H groups in total. The fourth-order valence-corrected chi connectivity index (χ4v) is 1.04. The summed E-state index contributed by atoms with van der Waals surface area (Å²) in [5.41, 5.74) is 0. The van der Waals surface area contributed by atoms with Crippen LogP contribution in [-0.4, -0.2) is 45.3 Å². The summed E-state index contributed by atoms with van der Waals surface area (Å²) in [7, 11) is 6.70. The van der Waals surface area contributed by atoms with Crippen LogP contribution in [0.5, 0.6) is 0 Å². The molecule has 2 nitrogen and oxygen atoms in total. The summed E-state index contributed by atoms with van der Waals surface area (Å²) in [4.78, 5) is 0. The first-order valence-electron chi connectivity index (χ1n) is 4.68. The van der Waals surface area contributed by atoms with Gasteiger partial charge in [0.2, 0.25) is 0 Å². The van der Waals surface area contributed by atoms with Gasteiger partial charge in [-0.2, -0.15) is 0 Å². The molecule has 0 unspecified atom stereocenters. The summed E-state index contributed by atoms with van der Waals surface area (Å²) in [6.07, 6.45) is 4.47. The first-order chi connectivity index (χ1) is 5.56. The Morgan fingerprint density at radius 2 is 1.92 bits per heavy atom. The van der Waals surface area contributed by atoms with Crippen molar-refractivity contribution in [3.8, 4) is 0 Å². The van der Waals surface area contributed by atoms with Crippen LogP contribution in [0.3, 0.4) is 0 Å². The first kappa shape index (κ1) is 11.7. The molecule has 0 heterocycles. The molecule has 0 aromatic rings. The van der Waals surface area contributed by atoms with E-state index in [0.29, 0.717) is 0 Å². The molecule has 0 amide bonds. The minimum atomic E-state index is 0.935. The molecule has 0 aliphatic carbocycles. The summed E-state index contributed by atoms with van der Waals surface area (Å²) in [6, 6.07) is 0. The maximum Gasteiger partial charge on any atom is 0.0780 e. The Kier molecular flexibility index (Phi) is 6.03. The Morgan fingerprint density at radius 1 is 1.25 bits per heavy atom. The van der Waals surface area contributed by atoms with E-state index in [1.54, 1.807) is 0 Å². The monoisotopic (exact) mass is 171 g/mol. The van der Waals surface area contributed by atoms with Gasteiger partial charge < -0.3 is 9.80 Å². The van der Waals surface area contributed by atoms with Crippen molar-refractivity contribution in [2.24, 2.45) is 0 Å². The number of nitrogens with zero attached hydrogens (tertiary/aromatic N) is 1. The normalized spacial score (nSPS) is 11.6. The molecule has 2 heteroatoms. The highest BCUT2D eigenvalue weighted by molar-refractivity contribution is 4.69. The number of hydrogen-bond acceptors (Lipinski definition) is 1. The van der Waals surface area contributed by atoms with Crippen LogP contribution < -0.4 is 5.32 Å². The zero-order valence-electron chi connectivity index (χ0n) is 8.77. The fourth-order valence-electron chi connectivity index (χ4n) is 1.04. The third kappa shape index (κ3) is 9.66. The second kappa shape index (κ2) is 6.21. The highest BCUT2D eigenvalue weighted by atomic mass is 15.3. The van der Waals surface area contributed by atoms with Crippen LogP contribution >= 0.6 is 0 Å². The summed E-state index contributed by atoms with van der Waals surface area (Å²) in [6.45, 7) is 6.96. The van der Waals surface area contributed by atoms with Crippen LogP contribution in [-0.2, 0) is 0 Å². The van der Waals surface area contributed by atoms with Gasteiger partial charge in [-0.25, -0.2) is 0 Å². The number of nitrogens with one attached hydrogen (secondary N) is 1. The molecule has 0 aromatic heterocycles. The van der Waals surface area contributed by atoms with Gasteiger partial charge in [-0.05, 0) is 19.4 Å². The first-order valence-corrected chi connectivity index (χ1v) is 4.68. The third-order valence-corrected chi connectivity index (χ3v) is 1.72. The lowest BCUT2D eigenvalue weighted by atomic mass is 10.3. The third-order valence-electron chi connectivity index (χ3n) is 1.72. The summed E-state index contributed by atoms with van der Waals surface area (Å²) >= 11 is 0. The molecular formula is C10H23N2+. The number of unbranched alkanes of at least 4 members (excludes halogenated alkanes) is 1. The Labute approximate surface area is 76.9 Å². The highest BCUT2D eigenvalue weighted by Crippen LogP contribution is 1.95. The van der Waals surface area contributed by atoms with Crippen molar-refractivity contribution in [1.29, 1.82) is 0 Å². The molecule has 0 rings (SSSR count). The van der Waals surface area contributed by atoms with Crippen LogP contribution in [0, 0.1) is 0 Å². The van der Waals surface area contributed by atoms with E-state index in [4.69, 9.17) is 0 Å². The molecule has 0 fully saturated rings. The molecule has 0 saturated heterocycles. The molecule has 0 atom stereocenters. The number of quaternary nitrogens is 1. The second-order valence-electron chi connectivity index (χ2n) is 4.21. The number of hydrogen-bond donors (Lipinski definition) is 1. The van der Waals surface area contributed by atoms with Crippen molar-refractivity contribution in [3.05, 3.63) is 12.7 Å². The average Bonchev–Trinajstić information content (AvgIpc) is 1.94. The van der Waals surface area contributed by atoms with Crippen molar-refractivity contribution in [2.75, 3.05) is 40.8 Å². The van der Waals surface area contributed by atoms with E-state index in [1.807, 2.05) is 6.08 Å². The van der Waals surface area contributed by atoms with E-state index in [9.17, 15) is 0 Å². The van der Waals surface area contributed by atoms with Crippen molar-refractivity contribution >= 4 is 0 Å². The second-order valence-corrected chi connectivity index (χ2v) is 4.21. The lowest BCUT2D eigenvalue weighted by Gasteiger charge is -2.23. The molecule has 0 aliphatic heterocycles. The van der Waals surface area contributed by atoms with Crippen LogP contribution in [0.1, 0.15) is 12.8 Å². The van der Waals surface area contributed by atoms with Gasteiger partial charge in [-0.1, -0.05) is 6.08 Å². The lowest BCUT2D eigenvalue weighted by Crippen LogP contribution is -2.35. The van der Waals surface area contributed by atoms with E-state index >= 15 is 0 Å². The van der Waals surface area contributed by atoms with Crippen LogP contribution in [0.15, 0.2) is 12.7 Å². The van der Waals surface area contributed by atoms with Gasteiger partial charge in [-0.15, -0.1) is 6.58 Å². The summed E-state index contributed by atoms with van der Waals surface area (Å²) in [5, 5.41) is 3.30. The molecule has 72 valence electrons. The molecule has 0 saturated carbocycles. The largest absolute Gasteiger partial charge is 0.331 e. The van der Waals surface area contributed by atoms with Crippen LogP contribution in [0.4, 0.5) is 0 Å². The van der Waals surface area contributed by atoms with Gasteiger partial charge in [-0.3, -0.25) is 0 Å². The molecular weight excluding hydrogens is 148 g/mol. The number of rotatable bonds is 7. The van der Waals surface area contributed by atoms with E-state index < -0.39 is 0 Å². The zero-order valence-corrected chi connectivity index (χ0v) is 8.77. The SMILES string of the molecule is C=CCNCCCC[N+](C)(C)C. The summed E-state index contributed by atoms with van der Waals surface area (Å²) in [5.74, 6) is 0. The maximum absolute atomic E-state index is 3.65. The molecule has 0 aliphatic rings. The Morgan fingerprint density at radius 3 is 2.42 bits per heavy atom. The minimum absolute atomic E-state index is 0.935. The highest BCUT2D eigenvalue weighted by Gasteiger charge is 2.04. The topological polar surface area (TPSA) is 12.0 Å². The molecule has 12 heavy (non-hydrogen) atoms. The van der Waals surface area contributed by atoms with Gasteiger partial charge in [0.25, 0.3) is 0 Å². The summed E-state index contributed by atoms with van der Waals surface area (Å²) < 4.78 is 1.07. The molecule has 0 spiro atoms. The van der Waals surface area contributed by atoms with Crippen molar-refractivity contribution in [3.63, 3.8) is 0 Å². The van der Waals surface area contributed by atoms with Crippen LogP contribution in [0.2, 0.25) is 0 Å².